The van der Waals surface area contributed by atoms with Crippen LogP contribution in [0.4, 0.5) is 0 Å². The van der Waals surface area contributed by atoms with Crippen molar-refractivity contribution in [2.45, 2.75) is 50.6 Å². The van der Waals surface area contributed by atoms with E-state index in [1.165, 1.54) is 58.2 Å². The molecule has 0 spiro atoms. The third-order valence-electron chi connectivity index (χ3n) is 4.49. The molecule has 0 radical (unpaired) electrons. The van der Waals surface area contributed by atoms with Gasteiger partial charge in [0.2, 0.25) is 0 Å². The maximum absolute atomic E-state index is 3.59. The zero-order chi connectivity index (χ0) is 9.38. The zero-order valence-corrected chi connectivity index (χ0v) is 9.04. The van der Waals surface area contributed by atoms with Crippen LogP contribution in [0.15, 0.2) is 0 Å². The van der Waals surface area contributed by atoms with Gasteiger partial charge in [-0.05, 0) is 44.7 Å². The lowest BCUT2D eigenvalue weighted by Crippen LogP contribution is -2.40. The maximum atomic E-state index is 3.59. The quantitative estimate of drug-likeness (QED) is 0.630. The van der Waals surface area contributed by atoms with Crippen LogP contribution in [0, 0.1) is 5.92 Å². The SMILES string of the molecule is C1CC[C@@H]2[C@H](C1)CC1CNCCCN12. The summed E-state index contributed by atoms with van der Waals surface area (Å²) in [5, 5.41) is 3.59. The summed E-state index contributed by atoms with van der Waals surface area (Å²) in [5.41, 5.74) is 0. The summed E-state index contributed by atoms with van der Waals surface area (Å²) >= 11 is 0. The molecule has 2 saturated heterocycles. The topological polar surface area (TPSA) is 15.3 Å². The molecular weight excluding hydrogens is 172 g/mol. The lowest BCUT2D eigenvalue weighted by molar-refractivity contribution is 0.159. The van der Waals surface area contributed by atoms with Crippen molar-refractivity contribution in [3.63, 3.8) is 0 Å². The molecular formula is C12H22N2. The molecule has 3 fully saturated rings. The molecule has 80 valence electrons. The molecule has 2 nitrogen and oxygen atoms in total. The fraction of sp³-hybridized carbons (Fsp3) is 1.00. The second kappa shape index (κ2) is 3.82. The van der Waals surface area contributed by atoms with E-state index in [9.17, 15) is 0 Å². The van der Waals surface area contributed by atoms with Crippen molar-refractivity contribution in [3.8, 4) is 0 Å². The standard InChI is InChI=1S/C12H22N2/c1-2-5-12-10(4-1)8-11-9-13-6-3-7-14(11)12/h10-13H,1-9H2/t10-,11?,12-/m1/s1. The van der Waals surface area contributed by atoms with E-state index >= 15 is 0 Å². The van der Waals surface area contributed by atoms with E-state index in [1.54, 1.807) is 0 Å². The van der Waals surface area contributed by atoms with Crippen LogP contribution in [0.1, 0.15) is 38.5 Å². The summed E-state index contributed by atoms with van der Waals surface area (Å²) < 4.78 is 0. The van der Waals surface area contributed by atoms with Crippen molar-refractivity contribution in [1.82, 2.24) is 10.2 Å². The molecule has 0 bridgehead atoms. The van der Waals surface area contributed by atoms with Crippen LogP contribution in [0.25, 0.3) is 0 Å². The summed E-state index contributed by atoms with van der Waals surface area (Å²) in [6.45, 7) is 3.86. The average Bonchev–Trinajstić information content (AvgIpc) is 2.42. The number of hydrogen-bond acceptors (Lipinski definition) is 2. The number of fused-ring (bicyclic) bond motifs is 3. The Labute approximate surface area is 87.0 Å². The van der Waals surface area contributed by atoms with E-state index in [1.807, 2.05) is 0 Å². The van der Waals surface area contributed by atoms with Gasteiger partial charge in [-0.25, -0.2) is 0 Å². The molecule has 1 unspecified atom stereocenters. The molecule has 2 heterocycles. The van der Waals surface area contributed by atoms with Gasteiger partial charge in [-0.1, -0.05) is 12.8 Å². The van der Waals surface area contributed by atoms with Crippen LogP contribution < -0.4 is 5.32 Å². The van der Waals surface area contributed by atoms with Gasteiger partial charge in [0.1, 0.15) is 0 Å². The van der Waals surface area contributed by atoms with Gasteiger partial charge in [-0.15, -0.1) is 0 Å². The molecule has 0 aromatic heterocycles. The highest BCUT2D eigenvalue weighted by molar-refractivity contribution is 4.97. The Balaban J connectivity index is 1.75. The normalized spacial score (nSPS) is 44.1. The minimum absolute atomic E-state index is 0.880. The van der Waals surface area contributed by atoms with Gasteiger partial charge >= 0.3 is 0 Å². The van der Waals surface area contributed by atoms with Crippen molar-refractivity contribution in [1.29, 1.82) is 0 Å². The van der Waals surface area contributed by atoms with Crippen molar-refractivity contribution < 1.29 is 0 Å². The summed E-state index contributed by atoms with van der Waals surface area (Å²) in [4.78, 5) is 2.84. The first-order valence-corrected chi connectivity index (χ1v) is 6.41. The van der Waals surface area contributed by atoms with Crippen molar-refractivity contribution in [3.05, 3.63) is 0 Å². The first-order chi connectivity index (χ1) is 6.95. The van der Waals surface area contributed by atoms with Crippen LogP contribution >= 0.6 is 0 Å². The Hall–Kier alpha value is -0.0800. The van der Waals surface area contributed by atoms with Crippen molar-refractivity contribution >= 4 is 0 Å². The zero-order valence-electron chi connectivity index (χ0n) is 9.04. The van der Waals surface area contributed by atoms with Crippen molar-refractivity contribution in [2.24, 2.45) is 5.92 Å². The Morgan fingerprint density at radius 1 is 1.07 bits per heavy atom. The predicted octanol–water partition coefficient (Wildman–Crippen LogP) is 1.61. The molecule has 3 rings (SSSR count). The highest BCUT2D eigenvalue weighted by Crippen LogP contribution is 2.39. The molecule has 1 N–H and O–H groups in total. The first-order valence-electron chi connectivity index (χ1n) is 6.41. The molecule has 3 atom stereocenters. The summed E-state index contributed by atoms with van der Waals surface area (Å²) in [6, 6.07) is 1.85. The number of nitrogens with zero attached hydrogens (tertiary/aromatic N) is 1. The second-order valence-electron chi connectivity index (χ2n) is 5.30. The van der Waals surface area contributed by atoms with Crippen LogP contribution in [-0.2, 0) is 0 Å². The van der Waals surface area contributed by atoms with Gasteiger partial charge in [0.05, 0.1) is 0 Å². The van der Waals surface area contributed by atoms with E-state index < -0.39 is 0 Å². The Bertz CT molecular complexity index is 204. The average molecular weight is 194 g/mol. The smallest absolute Gasteiger partial charge is 0.0226 e. The molecule has 14 heavy (non-hydrogen) atoms. The van der Waals surface area contributed by atoms with E-state index in [0.29, 0.717) is 0 Å². The molecule has 1 saturated carbocycles. The molecule has 3 aliphatic rings. The lowest BCUT2D eigenvalue weighted by Gasteiger charge is -2.32. The second-order valence-corrected chi connectivity index (χ2v) is 5.30. The minimum atomic E-state index is 0.880. The van der Waals surface area contributed by atoms with Crippen LogP contribution in [0.3, 0.4) is 0 Å². The third kappa shape index (κ3) is 1.49. The molecule has 0 amide bonds. The first kappa shape index (κ1) is 9.17. The molecule has 2 heteroatoms. The van der Waals surface area contributed by atoms with Gasteiger partial charge in [0.15, 0.2) is 0 Å². The van der Waals surface area contributed by atoms with E-state index in [-0.39, 0.29) is 0 Å². The largest absolute Gasteiger partial charge is 0.315 e. The number of hydrogen-bond donors (Lipinski definition) is 1. The third-order valence-corrected chi connectivity index (χ3v) is 4.49. The van der Waals surface area contributed by atoms with Gasteiger partial charge in [-0.3, -0.25) is 4.90 Å². The highest BCUT2D eigenvalue weighted by atomic mass is 15.2. The molecule has 0 aromatic carbocycles. The fourth-order valence-electron chi connectivity index (χ4n) is 3.86. The molecule has 1 aliphatic carbocycles. The Kier molecular flexibility index (Phi) is 2.50. The Morgan fingerprint density at radius 3 is 3.00 bits per heavy atom. The van der Waals surface area contributed by atoms with Gasteiger partial charge in [-0.2, -0.15) is 0 Å². The molecule has 0 aromatic rings. The monoisotopic (exact) mass is 194 g/mol. The van der Waals surface area contributed by atoms with E-state index in [2.05, 4.69) is 10.2 Å². The summed E-state index contributed by atoms with van der Waals surface area (Å²) in [6.07, 6.45) is 8.82. The number of rotatable bonds is 0. The van der Waals surface area contributed by atoms with Gasteiger partial charge < -0.3 is 5.32 Å². The maximum Gasteiger partial charge on any atom is 0.0226 e. The summed E-state index contributed by atoms with van der Waals surface area (Å²) in [7, 11) is 0. The van der Waals surface area contributed by atoms with Crippen LogP contribution in [-0.4, -0.2) is 36.6 Å². The predicted molar refractivity (Wildman–Crippen MR) is 58.3 cm³/mol. The fourth-order valence-corrected chi connectivity index (χ4v) is 3.86. The van der Waals surface area contributed by atoms with E-state index in [4.69, 9.17) is 0 Å². The van der Waals surface area contributed by atoms with Crippen LogP contribution in [0.5, 0.6) is 0 Å². The van der Waals surface area contributed by atoms with Crippen LogP contribution in [0.2, 0.25) is 0 Å². The lowest BCUT2D eigenvalue weighted by atomic mass is 9.84. The van der Waals surface area contributed by atoms with Gasteiger partial charge in [0.25, 0.3) is 0 Å². The van der Waals surface area contributed by atoms with Gasteiger partial charge in [0, 0.05) is 18.6 Å². The minimum Gasteiger partial charge on any atom is -0.315 e. The Morgan fingerprint density at radius 2 is 2.00 bits per heavy atom. The highest BCUT2D eigenvalue weighted by Gasteiger charge is 2.41. The summed E-state index contributed by atoms with van der Waals surface area (Å²) in [5.74, 6) is 1.05. The van der Waals surface area contributed by atoms with Crippen molar-refractivity contribution in [2.75, 3.05) is 19.6 Å². The van der Waals surface area contributed by atoms with E-state index in [0.717, 1.165) is 18.0 Å². The number of nitrogens with one attached hydrogen (secondary N) is 1. The molecule has 2 aliphatic heterocycles.